The van der Waals surface area contributed by atoms with Crippen LogP contribution in [-0.4, -0.2) is 83.4 Å². The number of carbonyl (C=O) groups is 1. The number of pyridine rings is 1. The van der Waals surface area contributed by atoms with E-state index in [-0.39, 0.29) is 17.7 Å². The van der Waals surface area contributed by atoms with Crippen LogP contribution in [0.1, 0.15) is 57.3 Å². The van der Waals surface area contributed by atoms with Crippen LogP contribution in [0.2, 0.25) is 0 Å². The number of ether oxygens (including phenoxy) is 2. The number of anilines is 1. The van der Waals surface area contributed by atoms with Gasteiger partial charge < -0.3 is 34.9 Å². The van der Waals surface area contributed by atoms with E-state index < -0.39 is 5.82 Å². The van der Waals surface area contributed by atoms with Gasteiger partial charge in [0.25, 0.3) is 0 Å². The molecule has 3 N–H and O–H groups in total. The summed E-state index contributed by atoms with van der Waals surface area (Å²) >= 11 is 0. The molecule has 1 saturated heterocycles. The predicted molar refractivity (Wildman–Crippen MR) is 185 cm³/mol. The van der Waals surface area contributed by atoms with Crippen molar-refractivity contribution in [3.8, 4) is 5.75 Å². The minimum atomic E-state index is -0.396. The maximum atomic E-state index is 14.5. The van der Waals surface area contributed by atoms with Crippen molar-refractivity contribution in [3.63, 3.8) is 0 Å². The van der Waals surface area contributed by atoms with Crippen molar-refractivity contribution < 1.29 is 18.7 Å². The van der Waals surface area contributed by atoms with Gasteiger partial charge in [0.2, 0.25) is 0 Å². The van der Waals surface area contributed by atoms with Crippen LogP contribution in [0.3, 0.4) is 0 Å². The average molecular weight is 648 g/mol. The van der Waals surface area contributed by atoms with Gasteiger partial charge in [-0.1, -0.05) is 44.5 Å². The fourth-order valence-corrected chi connectivity index (χ4v) is 6.20. The van der Waals surface area contributed by atoms with E-state index in [0.717, 1.165) is 60.3 Å². The number of para-hydroxylation sites is 1. The lowest BCUT2D eigenvalue weighted by Crippen LogP contribution is -2.44. The number of benzene rings is 2. The molecule has 5 rings (SSSR count). The molecule has 0 spiro atoms. The first-order valence-corrected chi connectivity index (χ1v) is 17.0. The number of urea groups is 1. The summed E-state index contributed by atoms with van der Waals surface area (Å²) in [4.78, 5) is 27.3. The molecule has 4 aromatic rings. The van der Waals surface area contributed by atoms with E-state index in [0.29, 0.717) is 57.1 Å². The summed E-state index contributed by atoms with van der Waals surface area (Å²) in [6.45, 7) is 10.2. The number of imidazole rings is 1. The molecule has 47 heavy (non-hydrogen) atoms. The molecule has 2 aromatic heterocycles. The third-order valence-corrected chi connectivity index (χ3v) is 8.66. The smallest absolute Gasteiger partial charge is 0.317 e. The summed E-state index contributed by atoms with van der Waals surface area (Å²) in [6, 6.07) is 12.7. The number of unbranched alkanes of at least 4 members (excludes halogenated alkanes) is 1. The van der Waals surface area contributed by atoms with Crippen LogP contribution in [0.15, 0.2) is 42.5 Å². The summed E-state index contributed by atoms with van der Waals surface area (Å²) in [5.41, 5.74) is 9.71. The van der Waals surface area contributed by atoms with E-state index in [4.69, 9.17) is 20.2 Å². The first-order chi connectivity index (χ1) is 22.8. The topological polar surface area (TPSA) is 111 Å². The number of aromatic nitrogens is 3. The number of rotatable bonds is 16. The maximum absolute atomic E-state index is 14.5. The Bertz CT molecular complexity index is 1620. The molecule has 10 nitrogen and oxygen atoms in total. The van der Waals surface area contributed by atoms with Crippen molar-refractivity contribution in [2.24, 2.45) is 5.92 Å². The number of hydrogen-bond acceptors (Lipinski definition) is 7. The molecule has 254 valence electrons. The van der Waals surface area contributed by atoms with E-state index >= 15 is 0 Å². The molecule has 11 heteroatoms. The second kappa shape index (κ2) is 16.7. The number of piperidine rings is 1. The standard InChI is InChI=1S/C36H50FN7O3/c1-26(2)25-47-31-23-27(13-14-29(31)37)24-43(36(45)39-16-21-42-17-7-4-8-18-42)19-9-10-20-44-32(15-22-46-3)41-33-34(44)28-11-5-6-12-30(28)40-35(33)38/h5-6,11-14,23,26H,4,7-10,15-22,24-25H2,1-3H3,(H2,38,40)(H,39,45). The lowest BCUT2D eigenvalue weighted by atomic mass is 10.1. The number of nitrogens with zero attached hydrogens (tertiary/aromatic N) is 5. The summed E-state index contributed by atoms with van der Waals surface area (Å²) in [6.07, 6.45) is 5.93. The number of methoxy groups -OCH3 is 1. The van der Waals surface area contributed by atoms with Gasteiger partial charge in [-0.3, -0.25) is 0 Å². The van der Waals surface area contributed by atoms with Crippen LogP contribution in [0.4, 0.5) is 15.0 Å². The first-order valence-electron chi connectivity index (χ1n) is 17.0. The highest BCUT2D eigenvalue weighted by Crippen LogP contribution is 2.29. The zero-order chi connectivity index (χ0) is 33.2. The fraction of sp³-hybridized carbons (Fsp3) is 0.528. The molecule has 0 unspecified atom stereocenters. The van der Waals surface area contributed by atoms with E-state index in [1.54, 1.807) is 19.2 Å². The summed E-state index contributed by atoms with van der Waals surface area (Å²) in [5.74, 6) is 1.41. The normalized spacial score (nSPS) is 13.9. The Balaban J connectivity index is 1.30. The van der Waals surface area contributed by atoms with Gasteiger partial charge in [0.15, 0.2) is 17.4 Å². The molecule has 1 fully saturated rings. The minimum Gasteiger partial charge on any atom is -0.490 e. The Morgan fingerprint density at radius 3 is 2.68 bits per heavy atom. The van der Waals surface area contributed by atoms with Crippen LogP contribution in [0.5, 0.6) is 5.75 Å². The number of nitrogens with two attached hydrogens (primary N) is 1. The molecule has 0 aliphatic carbocycles. The molecule has 2 amide bonds. The molecule has 2 aromatic carbocycles. The summed E-state index contributed by atoms with van der Waals surface area (Å²) < 4.78 is 27.9. The molecule has 0 bridgehead atoms. The lowest BCUT2D eigenvalue weighted by Gasteiger charge is -2.28. The number of aryl methyl sites for hydroxylation is 1. The van der Waals surface area contributed by atoms with Crippen molar-refractivity contribution in [2.75, 3.05) is 58.8 Å². The monoisotopic (exact) mass is 647 g/mol. The van der Waals surface area contributed by atoms with Crippen molar-refractivity contribution in [1.82, 2.24) is 29.7 Å². The largest absolute Gasteiger partial charge is 0.490 e. The molecular weight excluding hydrogens is 597 g/mol. The van der Waals surface area contributed by atoms with Crippen molar-refractivity contribution in [3.05, 3.63) is 59.7 Å². The molecule has 0 saturated carbocycles. The Hall–Kier alpha value is -3.96. The third kappa shape index (κ3) is 9.10. The highest BCUT2D eigenvalue weighted by molar-refractivity contribution is 6.06. The second-order valence-electron chi connectivity index (χ2n) is 12.9. The number of amides is 2. The average Bonchev–Trinajstić information content (AvgIpc) is 3.44. The fourth-order valence-electron chi connectivity index (χ4n) is 6.20. The van der Waals surface area contributed by atoms with E-state index in [9.17, 15) is 9.18 Å². The van der Waals surface area contributed by atoms with E-state index in [1.807, 2.05) is 36.9 Å². The third-order valence-electron chi connectivity index (χ3n) is 8.66. The van der Waals surface area contributed by atoms with Gasteiger partial charge in [0.05, 0.1) is 24.2 Å². The maximum Gasteiger partial charge on any atom is 0.317 e. The number of carbonyl (C=O) groups excluding carboxylic acids is 1. The SMILES string of the molecule is COCCc1nc2c(N)nc3ccccc3c2n1CCCCN(Cc1ccc(F)c(OCC(C)C)c1)C(=O)NCCN1CCCCC1. The number of halogens is 1. The molecule has 1 aliphatic heterocycles. The Morgan fingerprint density at radius 1 is 1.09 bits per heavy atom. The summed E-state index contributed by atoms with van der Waals surface area (Å²) in [7, 11) is 1.69. The van der Waals surface area contributed by atoms with Crippen molar-refractivity contribution in [1.29, 1.82) is 0 Å². The summed E-state index contributed by atoms with van der Waals surface area (Å²) in [5, 5.41) is 4.15. The number of nitrogens with one attached hydrogen (secondary N) is 1. The quantitative estimate of drug-likeness (QED) is 0.143. The zero-order valence-corrected chi connectivity index (χ0v) is 28.1. The highest BCUT2D eigenvalue weighted by atomic mass is 19.1. The Labute approximate surface area is 277 Å². The predicted octanol–water partition coefficient (Wildman–Crippen LogP) is 6.01. The molecule has 0 radical (unpaired) electrons. The van der Waals surface area contributed by atoms with Gasteiger partial charge in [-0.2, -0.15) is 0 Å². The number of likely N-dealkylation sites (tertiary alicyclic amines) is 1. The van der Waals surface area contributed by atoms with Crippen LogP contribution in [0.25, 0.3) is 21.9 Å². The van der Waals surface area contributed by atoms with Crippen LogP contribution >= 0.6 is 0 Å². The van der Waals surface area contributed by atoms with Gasteiger partial charge in [-0.15, -0.1) is 0 Å². The second-order valence-corrected chi connectivity index (χ2v) is 12.9. The molecule has 1 aliphatic rings. The molecule has 0 atom stereocenters. The van der Waals surface area contributed by atoms with Crippen molar-refractivity contribution in [2.45, 2.75) is 65.5 Å². The van der Waals surface area contributed by atoms with Gasteiger partial charge in [-0.25, -0.2) is 19.2 Å². The number of nitrogen functional groups attached to an aromatic ring is 1. The van der Waals surface area contributed by atoms with E-state index in [2.05, 4.69) is 25.8 Å². The van der Waals surface area contributed by atoms with Crippen molar-refractivity contribution >= 4 is 33.8 Å². The van der Waals surface area contributed by atoms with Gasteiger partial charge >= 0.3 is 6.03 Å². The molecule has 3 heterocycles. The zero-order valence-electron chi connectivity index (χ0n) is 28.1. The first kappa shape index (κ1) is 34.4. The van der Waals surface area contributed by atoms with E-state index in [1.165, 1.54) is 25.3 Å². The lowest BCUT2D eigenvalue weighted by molar-refractivity contribution is 0.187. The molecular formula is C36H50FN7O3. The number of fused-ring (bicyclic) bond motifs is 3. The number of hydrogen-bond donors (Lipinski definition) is 2. The van der Waals surface area contributed by atoms with Crippen LogP contribution in [0, 0.1) is 11.7 Å². The van der Waals surface area contributed by atoms with Crippen LogP contribution in [-0.2, 0) is 24.2 Å². The van der Waals surface area contributed by atoms with Gasteiger partial charge in [0.1, 0.15) is 11.3 Å². The Kier molecular flexibility index (Phi) is 12.2. The minimum absolute atomic E-state index is 0.116. The van der Waals surface area contributed by atoms with Crippen LogP contribution < -0.4 is 15.8 Å². The van der Waals surface area contributed by atoms with Gasteiger partial charge in [-0.05, 0) is 68.5 Å². The highest BCUT2D eigenvalue weighted by Gasteiger charge is 2.19. The van der Waals surface area contributed by atoms with Gasteiger partial charge in [0, 0.05) is 51.6 Å². The Morgan fingerprint density at radius 2 is 1.89 bits per heavy atom.